The van der Waals surface area contributed by atoms with E-state index in [-0.39, 0.29) is 5.91 Å². The summed E-state index contributed by atoms with van der Waals surface area (Å²) < 4.78 is 6.04. The molecule has 0 aromatic heterocycles. The summed E-state index contributed by atoms with van der Waals surface area (Å²) in [5, 5.41) is 6.42. The SMILES string of the molecule is O=C(CCc1cccc(OC2CCCC2)c1)NCCC1CCNC1. The van der Waals surface area contributed by atoms with E-state index in [4.69, 9.17) is 4.74 Å². The molecule has 3 rings (SSSR count). The molecule has 1 aliphatic heterocycles. The maximum atomic E-state index is 12.0. The summed E-state index contributed by atoms with van der Waals surface area (Å²) in [6.45, 7) is 3.03. The molecule has 1 aromatic carbocycles. The molecule has 1 aliphatic carbocycles. The summed E-state index contributed by atoms with van der Waals surface area (Å²) in [7, 11) is 0. The monoisotopic (exact) mass is 330 g/mol. The molecule has 132 valence electrons. The maximum Gasteiger partial charge on any atom is 0.220 e. The summed E-state index contributed by atoms with van der Waals surface area (Å²) in [4.78, 5) is 12.0. The fraction of sp³-hybridized carbons (Fsp3) is 0.650. The third-order valence-corrected chi connectivity index (χ3v) is 5.18. The Morgan fingerprint density at radius 3 is 2.92 bits per heavy atom. The molecule has 1 unspecified atom stereocenters. The van der Waals surface area contributed by atoms with E-state index in [0.29, 0.717) is 12.5 Å². The van der Waals surface area contributed by atoms with Gasteiger partial charge in [0.15, 0.2) is 0 Å². The molecule has 2 aliphatic rings. The van der Waals surface area contributed by atoms with Crippen LogP contribution in [0.5, 0.6) is 5.75 Å². The van der Waals surface area contributed by atoms with Crippen LogP contribution in [0, 0.1) is 5.92 Å². The van der Waals surface area contributed by atoms with Crippen molar-refractivity contribution in [3.05, 3.63) is 29.8 Å². The largest absolute Gasteiger partial charge is 0.490 e. The smallest absolute Gasteiger partial charge is 0.220 e. The molecule has 1 heterocycles. The first-order valence-corrected chi connectivity index (χ1v) is 9.52. The first-order chi connectivity index (χ1) is 11.8. The Bertz CT molecular complexity index is 520. The number of rotatable bonds is 8. The van der Waals surface area contributed by atoms with Gasteiger partial charge in [-0.15, -0.1) is 0 Å². The van der Waals surface area contributed by atoms with Gasteiger partial charge in [0.2, 0.25) is 5.91 Å². The molecule has 2 N–H and O–H groups in total. The minimum Gasteiger partial charge on any atom is -0.490 e. The molecule has 4 heteroatoms. The number of amides is 1. The fourth-order valence-electron chi connectivity index (χ4n) is 3.70. The first kappa shape index (κ1) is 17.3. The van der Waals surface area contributed by atoms with Gasteiger partial charge in [0.05, 0.1) is 6.10 Å². The lowest BCUT2D eigenvalue weighted by Crippen LogP contribution is -2.26. The summed E-state index contributed by atoms with van der Waals surface area (Å²) >= 11 is 0. The minimum atomic E-state index is 0.156. The minimum absolute atomic E-state index is 0.156. The quantitative estimate of drug-likeness (QED) is 0.770. The highest BCUT2D eigenvalue weighted by atomic mass is 16.5. The van der Waals surface area contributed by atoms with Gasteiger partial charge in [-0.1, -0.05) is 12.1 Å². The topological polar surface area (TPSA) is 50.4 Å². The van der Waals surface area contributed by atoms with Gasteiger partial charge in [0.1, 0.15) is 5.75 Å². The second-order valence-corrected chi connectivity index (χ2v) is 7.17. The van der Waals surface area contributed by atoms with E-state index in [1.165, 1.54) is 37.7 Å². The Labute approximate surface area is 145 Å². The van der Waals surface area contributed by atoms with Crippen molar-refractivity contribution in [1.29, 1.82) is 0 Å². The van der Waals surface area contributed by atoms with E-state index in [1.807, 2.05) is 12.1 Å². The zero-order valence-corrected chi connectivity index (χ0v) is 14.6. The molecule has 1 amide bonds. The van der Waals surface area contributed by atoms with Crippen molar-refractivity contribution in [2.24, 2.45) is 5.92 Å². The van der Waals surface area contributed by atoms with Gasteiger partial charge in [0, 0.05) is 13.0 Å². The number of carbonyl (C=O) groups excluding carboxylic acids is 1. The van der Waals surface area contributed by atoms with Crippen LogP contribution in [-0.2, 0) is 11.2 Å². The van der Waals surface area contributed by atoms with Crippen LogP contribution in [0.1, 0.15) is 50.5 Å². The van der Waals surface area contributed by atoms with Crippen LogP contribution in [0.25, 0.3) is 0 Å². The van der Waals surface area contributed by atoms with Crippen LogP contribution in [-0.4, -0.2) is 31.6 Å². The molecule has 0 radical (unpaired) electrons. The number of ether oxygens (including phenoxy) is 1. The molecular weight excluding hydrogens is 300 g/mol. The van der Waals surface area contributed by atoms with Gasteiger partial charge in [-0.3, -0.25) is 4.79 Å². The number of hydrogen-bond acceptors (Lipinski definition) is 3. The van der Waals surface area contributed by atoms with Crippen molar-refractivity contribution >= 4 is 5.91 Å². The van der Waals surface area contributed by atoms with E-state index >= 15 is 0 Å². The average molecular weight is 330 g/mol. The molecule has 24 heavy (non-hydrogen) atoms. The van der Waals surface area contributed by atoms with Crippen molar-refractivity contribution in [2.45, 2.75) is 57.5 Å². The van der Waals surface area contributed by atoms with Crippen LogP contribution < -0.4 is 15.4 Å². The van der Waals surface area contributed by atoms with Gasteiger partial charge in [-0.2, -0.15) is 0 Å². The zero-order chi connectivity index (χ0) is 16.6. The normalized spacial score (nSPS) is 21.1. The molecule has 0 spiro atoms. The highest BCUT2D eigenvalue weighted by Gasteiger charge is 2.16. The van der Waals surface area contributed by atoms with Gasteiger partial charge in [-0.05, 0) is 81.6 Å². The fourth-order valence-corrected chi connectivity index (χ4v) is 3.70. The Morgan fingerprint density at radius 1 is 1.25 bits per heavy atom. The lowest BCUT2D eigenvalue weighted by molar-refractivity contribution is -0.121. The Morgan fingerprint density at radius 2 is 2.12 bits per heavy atom. The van der Waals surface area contributed by atoms with E-state index in [0.717, 1.165) is 44.1 Å². The van der Waals surface area contributed by atoms with Crippen molar-refractivity contribution in [2.75, 3.05) is 19.6 Å². The summed E-state index contributed by atoms with van der Waals surface area (Å²) in [5.74, 6) is 1.84. The van der Waals surface area contributed by atoms with Gasteiger partial charge >= 0.3 is 0 Å². The number of nitrogens with one attached hydrogen (secondary N) is 2. The van der Waals surface area contributed by atoms with Crippen molar-refractivity contribution in [3.63, 3.8) is 0 Å². The number of benzene rings is 1. The Kier molecular flexibility index (Phi) is 6.53. The van der Waals surface area contributed by atoms with E-state index in [9.17, 15) is 4.79 Å². The van der Waals surface area contributed by atoms with Gasteiger partial charge in [-0.25, -0.2) is 0 Å². The highest BCUT2D eigenvalue weighted by molar-refractivity contribution is 5.76. The summed E-state index contributed by atoms with van der Waals surface area (Å²) in [6.07, 6.45) is 8.94. The summed E-state index contributed by atoms with van der Waals surface area (Å²) in [6, 6.07) is 8.23. The number of hydrogen-bond donors (Lipinski definition) is 2. The van der Waals surface area contributed by atoms with Crippen LogP contribution >= 0.6 is 0 Å². The lowest BCUT2D eigenvalue weighted by atomic mass is 10.1. The highest BCUT2D eigenvalue weighted by Crippen LogP contribution is 2.24. The van der Waals surface area contributed by atoms with E-state index in [2.05, 4.69) is 22.8 Å². The molecule has 1 atom stereocenters. The predicted molar refractivity (Wildman–Crippen MR) is 96.3 cm³/mol. The average Bonchev–Trinajstić information content (AvgIpc) is 3.27. The summed E-state index contributed by atoms with van der Waals surface area (Å²) in [5.41, 5.74) is 1.18. The van der Waals surface area contributed by atoms with Crippen molar-refractivity contribution < 1.29 is 9.53 Å². The van der Waals surface area contributed by atoms with E-state index < -0.39 is 0 Å². The second-order valence-electron chi connectivity index (χ2n) is 7.17. The molecule has 1 saturated carbocycles. The molecule has 1 aromatic rings. The zero-order valence-electron chi connectivity index (χ0n) is 14.6. The molecular formula is C20H30N2O2. The Balaban J connectivity index is 1.36. The van der Waals surface area contributed by atoms with Crippen molar-refractivity contribution in [3.8, 4) is 5.75 Å². The lowest BCUT2D eigenvalue weighted by Gasteiger charge is -2.14. The third kappa shape index (κ3) is 5.52. The third-order valence-electron chi connectivity index (χ3n) is 5.18. The maximum absolute atomic E-state index is 12.0. The molecule has 0 bridgehead atoms. The molecule has 1 saturated heterocycles. The molecule has 4 nitrogen and oxygen atoms in total. The molecule has 2 fully saturated rings. The Hall–Kier alpha value is -1.55. The van der Waals surface area contributed by atoms with Crippen molar-refractivity contribution in [1.82, 2.24) is 10.6 Å². The predicted octanol–water partition coefficient (Wildman–Crippen LogP) is 3.06. The second kappa shape index (κ2) is 9.07. The van der Waals surface area contributed by atoms with E-state index in [1.54, 1.807) is 0 Å². The number of aryl methyl sites for hydroxylation is 1. The number of carbonyl (C=O) groups is 1. The standard InChI is InChI=1S/C20H30N2O2/c23-20(22-13-11-17-10-12-21-15-17)9-8-16-4-3-7-19(14-16)24-18-5-1-2-6-18/h3-4,7,14,17-18,21H,1-2,5-6,8-13,15H2,(H,22,23). The first-order valence-electron chi connectivity index (χ1n) is 9.52. The van der Waals surface area contributed by atoms with Gasteiger partial charge < -0.3 is 15.4 Å². The van der Waals surface area contributed by atoms with Crippen LogP contribution in [0.3, 0.4) is 0 Å². The van der Waals surface area contributed by atoms with Crippen LogP contribution in [0.15, 0.2) is 24.3 Å². The van der Waals surface area contributed by atoms with Crippen LogP contribution in [0.4, 0.5) is 0 Å². The van der Waals surface area contributed by atoms with Crippen LogP contribution in [0.2, 0.25) is 0 Å². The van der Waals surface area contributed by atoms with Gasteiger partial charge in [0.25, 0.3) is 0 Å².